The average molecular weight is 296 g/mol. The Morgan fingerprint density at radius 1 is 1.29 bits per heavy atom. The van der Waals surface area contributed by atoms with Crippen molar-refractivity contribution in [3.8, 4) is 0 Å². The lowest BCUT2D eigenvalue weighted by atomic mass is 10.2. The van der Waals surface area contributed by atoms with Gasteiger partial charge in [-0.15, -0.1) is 0 Å². The van der Waals surface area contributed by atoms with Gasteiger partial charge in [0.1, 0.15) is 5.82 Å². The average Bonchev–Trinajstić information content (AvgIpc) is 2.31. The zero-order chi connectivity index (χ0) is 12.4. The first kappa shape index (κ1) is 12.0. The van der Waals surface area contributed by atoms with Crippen molar-refractivity contribution in [2.75, 3.05) is 0 Å². The highest BCUT2D eigenvalue weighted by atomic mass is 79.9. The molecule has 88 valence electrons. The number of hydrogen-bond acceptors (Lipinski definition) is 1. The van der Waals surface area contributed by atoms with Crippen molar-refractivity contribution in [3.05, 3.63) is 68.3 Å². The molecule has 0 N–H and O–H groups in total. The summed E-state index contributed by atoms with van der Waals surface area (Å²) < 4.78 is 15.3. The van der Waals surface area contributed by atoms with Gasteiger partial charge in [0.15, 0.2) is 0 Å². The third-order valence-electron chi connectivity index (χ3n) is 2.58. The Morgan fingerprint density at radius 3 is 2.82 bits per heavy atom. The molecule has 2 nitrogen and oxygen atoms in total. The molecule has 0 unspecified atom stereocenters. The fourth-order valence-electron chi connectivity index (χ4n) is 1.64. The minimum atomic E-state index is -0.316. The zero-order valence-electron chi connectivity index (χ0n) is 9.28. The van der Waals surface area contributed by atoms with Crippen LogP contribution in [0.4, 0.5) is 4.39 Å². The number of nitrogens with zero attached hydrogens (tertiary/aromatic N) is 1. The van der Waals surface area contributed by atoms with Crippen molar-refractivity contribution in [2.45, 2.75) is 13.5 Å². The molecule has 2 aromatic rings. The van der Waals surface area contributed by atoms with E-state index in [-0.39, 0.29) is 11.4 Å². The minimum Gasteiger partial charge on any atom is -0.311 e. The molecule has 1 aromatic carbocycles. The Hall–Kier alpha value is -1.42. The number of benzene rings is 1. The maximum absolute atomic E-state index is 13.3. The second-order valence-corrected chi connectivity index (χ2v) is 4.63. The molecular weight excluding hydrogens is 285 g/mol. The van der Waals surface area contributed by atoms with Gasteiger partial charge in [0, 0.05) is 11.8 Å². The predicted molar refractivity (Wildman–Crippen MR) is 68.6 cm³/mol. The largest absolute Gasteiger partial charge is 0.311 e. The van der Waals surface area contributed by atoms with Gasteiger partial charge < -0.3 is 4.57 Å². The van der Waals surface area contributed by atoms with Crippen molar-refractivity contribution in [1.29, 1.82) is 0 Å². The van der Waals surface area contributed by atoms with Crippen molar-refractivity contribution >= 4 is 15.9 Å². The third-order valence-corrected chi connectivity index (χ3v) is 3.47. The summed E-state index contributed by atoms with van der Waals surface area (Å²) in [6.45, 7) is 2.12. The molecule has 0 saturated carbocycles. The summed E-state index contributed by atoms with van der Waals surface area (Å²) >= 11 is 3.19. The minimum absolute atomic E-state index is 0.0522. The molecular formula is C13H11BrFNO. The van der Waals surface area contributed by atoms with Gasteiger partial charge in [0.05, 0.1) is 11.0 Å². The van der Waals surface area contributed by atoms with Crippen LogP contribution in [-0.4, -0.2) is 4.57 Å². The monoisotopic (exact) mass is 295 g/mol. The number of aryl methyl sites for hydroxylation is 1. The van der Waals surface area contributed by atoms with Crippen LogP contribution in [0.3, 0.4) is 0 Å². The molecule has 0 aliphatic carbocycles. The van der Waals surface area contributed by atoms with Gasteiger partial charge >= 0.3 is 0 Å². The van der Waals surface area contributed by atoms with Crippen molar-refractivity contribution in [3.63, 3.8) is 0 Å². The Morgan fingerprint density at radius 2 is 2.06 bits per heavy atom. The van der Waals surface area contributed by atoms with Gasteiger partial charge in [0.2, 0.25) is 0 Å². The Balaban J connectivity index is 2.42. The van der Waals surface area contributed by atoms with E-state index in [1.165, 1.54) is 6.07 Å². The van der Waals surface area contributed by atoms with E-state index in [4.69, 9.17) is 0 Å². The van der Waals surface area contributed by atoms with Crippen LogP contribution in [-0.2, 0) is 6.54 Å². The fraction of sp³-hybridized carbons (Fsp3) is 0.154. The molecule has 0 aliphatic heterocycles. The molecule has 0 spiro atoms. The number of rotatable bonds is 2. The maximum atomic E-state index is 13.3. The van der Waals surface area contributed by atoms with Gasteiger partial charge in [-0.25, -0.2) is 4.39 Å². The van der Waals surface area contributed by atoms with Crippen LogP contribution in [0.1, 0.15) is 11.1 Å². The van der Waals surface area contributed by atoms with Crippen LogP contribution in [0.5, 0.6) is 0 Å². The molecule has 0 aliphatic rings. The molecule has 0 saturated heterocycles. The molecule has 1 heterocycles. The Bertz CT molecular complexity index is 607. The van der Waals surface area contributed by atoms with E-state index in [9.17, 15) is 9.18 Å². The Kier molecular flexibility index (Phi) is 3.43. The van der Waals surface area contributed by atoms with Crippen LogP contribution < -0.4 is 5.56 Å². The summed E-state index contributed by atoms with van der Waals surface area (Å²) in [6.07, 6.45) is 1.70. The van der Waals surface area contributed by atoms with Crippen LogP contribution >= 0.6 is 15.9 Å². The topological polar surface area (TPSA) is 22.0 Å². The maximum Gasteiger partial charge on any atom is 0.253 e. The van der Waals surface area contributed by atoms with E-state index in [2.05, 4.69) is 15.9 Å². The lowest BCUT2D eigenvalue weighted by Gasteiger charge is -2.08. The van der Waals surface area contributed by atoms with Gasteiger partial charge in [-0.3, -0.25) is 4.79 Å². The zero-order valence-corrected chi connectivity index (χ0v) is 10.9. The lowest BCUT2D eigenvalue weighted by molar-refractivity contribution is 0.615. The predicted octanol–water partition coefficient (Wildman–Crippen LogP) is 3.11. The normalized spacial score (nSPS) is 10.5. The third kappa shape index (κ3) is 2.47. The number of halogens is 2. The summed E-state index contributed by atoms with van der Waals surface area (Å²) in [5.74, 6) is -0.316. The number of hydrogen-bond donors (Lipinski definition) is 0. The van der Waals surface area contributed by atoms with Crippen molar-refractivity contribution in [2.24, 2.45) is 0 Å². The quantitative estimate of drug-likeness (QED) is 0.834. The molecule has 0 amide bonds. The van der Waals surface area contributed by atoms with E-state index < -0.39 is 0 Å². The standard InChI is InChI=1S/C13H11BrFNO/c1-9-4-3-7-16(13(9)17)8-10-5-2-6-11(15)12(10)14/h2-7H,8H2,1H3. The molecule has 0 fully saturated rings. The van der Waals surface area contributed by atoms with Gasteiger partial charge in [-0.05, 0) is 40.5 Å². The first-order chi connectivity index (χ1) is 8.09. The van der Waals surface area contributed by atoms with Crippen LogP contribution in [0.25, 0.3) is 0 Å². The molecule has 4 heteroatoms. The molecule has 0 bridgehead atoms. The first-order valence-corrected chi connectivity index (χ1v) is 5.98. The lowest BCUT2D eigenvalue weighted by Crippen LogP contribution is -2.21. The summed E-state index contributed by atoms with van der Waals surface area (Å²) in [5.41, 5.74) is 1.38. The number of aromatic nitrogens is 1. The van der Waals surface area contributed by atoms with Crippen LogP contribution in [0.15, 0.2) is 45.8 Å². The van der Waals surface area contributed by atoms with E-state index in [1.54, 1.807) is 35.9 Å². The van der Waals surface area contributed by atoms with E-state index >= 15 is 0 Å². The highest BCUT2D eigenvalue weighted by molar-refractivity contribution is 9.10. The molecule has 2 rings (SSSR count). The molecule has 0 radical (unpaired) electrons. The smallest absolute Gasteiger partial charge is 0.253 e. The van der Waals surface area contributed by atoms with Gasteiger partial charge in [0.25, 0.3) is 5.56 Å². The van der Waals surface area contributed by atoms with Crippen molar-refractivity contribution < 1.29 is 4.39 Å². The summed E-state index contributed by atoms with van der Waals surface area (Å²) in [5, 5.41) is 0. The van der Waals surface area contributed by atoms with Crippen LogP contribution in [0.2, 0.25) is 0 Å². The summed E-state index contributed by atoms with van der Waals surface area (Å²) in [7, 11) is 0. The highest BCUT2D eigenvalue weighted by Crippen LogP contribution is 2.20. The summed E-state index contributed by atoms with van der Waals surface area (Å²) in [4.78, 5) is 11.8. The number of pyridine rings is 1. The molecule has 1 aromatic heterocycles. The van der Waals surface area contributed by atoms with E-state index in [0.717, 1.165) is 5.56 Å². The fourth-order valence-corrected chi connectivity index (χ4v) is 2.03. The second kappa shape index (κ2) is 4.84. The first-order valence-electron chi connectivity index (χ1n) is 5.18. The van der Waals surface area contributed by atoms with Gasteiger partial charge in [-0.1, -0.05) is 18.2 Å². The van der Waals surface area contributed by atoms with Crippen molar-refractivity contribution in [1.82, 2.24) is 4.57 Å². The SMILES string of the molecule is Cc1cccn(Cc2cccc(F)c2Br)c1=O. The summed E-state index contributed by atoms with van der Waals surface area (Å²) in [6, 6.07) is 8.38. The van der Waals surface area contributed by atoms with E-state index in [1.807, 2.05) is 6.07 Å². The van der Waals surface area contributed by atoms with Crippen LogP contribution in [0, 0.1) is 12.7 Å². The highest BCUT2D eigenvalue weighted by Gasteiger charge is 2.06. The van der Waals surface area contributed by atoms with E-state index in [0.29, 0.717) is 16.6 Å². The Labute approximate surface area is 107 Å². The molecule has 0 atom stereocenters. The second-order valence-electron chi connectivity index (χ2n) is 3.84. The van der Waals surface area contributed by atoms with Gasteiger partial charge in [-0.2, -0.15) is 0 Å². The molecule has 17 heavy (non-hydrogen) atoms.